The van der Waals surface area contributed by atoms with E-state index in [1.54, 1.807) is 19.1 Å². The average Bonchev–Trinajstić information content (AvgIpc) is 2.20. The number of nitrogens with one attached hydrogen (secondary N) is 1. The number of amides is 1. The van der Waals surface area contributed by atoms with Crippen LogP contribution in [-0.2, 0) is 4.79 Å². The highest BCUT2D eigenvalue weighted by Crippen LogP contribution is 2.17. The number of carbonyl (C=O) groups is 1. The van der Waals surface area contributed by atoms with Crippen LogP contribution in [-0.4, -0.2) is 25.0 Å². The first kappa shape index (κ1) is 13.7. The monoisotopic (exact) mass is 235 g/mol. The molecule has 4 nitrogen and oxygen atoms in total. The fraction of sp³-hybridized carbons (Fsp3) is 0.462. The van der Waals surface area contributed by atoms with Crippen LogP contribution in [0.25, 0.3) is 0 Å². The molecule has 1 unspecified atom stereocenters. The quantitative estimate of drug-likeness (QED) is 0.773. The average molecular weight is 235 g/mol. The smallest absolute Gasteiger partial charge is 0.236 e. The Bertz CT molecular complexity index is 402. The largest absolute Gasteiger partial charge is 0.324 e. The second-order valence-electron chi connectivity index (χ2n) is 4.58. The lowest BCUT2D eigenvalue weighted by Crippen LogP contribution is -2.37. The van der Waals surface area contributed by atoms with Crippen molar-refractivity contribution in [2.45, 2.75) is 26.3 Å². The molecule has 17 heavy (non-hydrogen) atoms. The van der Waals surface area contributed by atoms with Gasteiger partial charge in [0.25, 0.3) is 0 Å². The van der Waals surface area contributed by atoms with Crippen molar-refractivity contribution in [1.82, 2.24) is 10.4 Å². The molecule has 1 atom stereocenters. The van der Waals surface area contributed by atoms with E-state index in [0.29, 0.717) is 6.42 Å². The highest BCUT2D eigenvalue weighted by Gasteiger charge is 2.12. The van der Waals surface area contributed by atoms with Crippen LogP contribution in [0.5, 0.6) is 0 Å². The van der Waals surface area contributed by atoms with Crippen LogP contribution in [0.15, 0.2) is 18.2 Å². The van der Waals surface area contributed by atoms with E-state index in [1.165, 1.54) is 11.1 Å². The van der Waals surface area contributed by atoms with E-state index in [9.17, 15) is 4.79 Å². The third-order valence-corrected chi connectivity index (χ3v) is 2.71. The van der Waals surface area contributed by atoms with Gasteiger partial charge in [-0.25, -0.2) is 5.01 Å². The van der Waals surface area contributed by atoms with E-state index in [-0.39, 0.29) is 11.9 Å². The third-order valence-electron chi connectivity index (χ3n) is 2.71. The van der Waals surface area contributed by atoms with Crippen molar-refractivity contribution in [1.29, 1.82) is 0 Å². The Balaban J connectivity index is 2.66. The number of nitrogens with zero attached hydrogens (tertiary/aromatic N) is 1. The fourth-order valence-electron chi connectivity index (χ4n) is 1.61. The molecule has 0 aliphatic carbocycles. The van der Waals surface area contributed by atoms with Gasteiger partial charge in [-0.15, -0.1) is 0 Å². The minimum absolute atomic E-state index is 0.0688. The molecule has 1 rings (SSSR count). The van der Waals surface area contributed by atoms with Gasteiger partial charge in [0.1, 0.15) is 0 Å². The van der Waals surface area contributed by atoms with Crippen molar-refractivity contribution in [3.8, 4) is 0 Å². The minimum atomic E-state index is -0.255. The maximum atomic E-state index is 11.6. The summed E-state index contributed by atoms with van der Waals surface area (Å²) in [6, 6.07) is 5.81. The fourth-order valence-corrected chi connectivity index (χ4v) is 1.61. The summed E-state index contributed by atoms with van der Waals surface area (Å²) in [5.74, 6) is -0.0688. The van der Waals surface area contributed by atoms with Gasteiger partial charge in [0.2, 0.25) is 5.91 Å². The van der Waals surface area contributed by atoms with Gasteiger partial charge in [0, 0.05) is 26.6 Å². The van der Waals surface area contributed by atoms with Crippen molar-refractivity contribution in [3.63, 3.8) is 0 Å². The van der Waals surface area contributed by atoms with E-state index < -0.39 is 0 Å². The summed E-state index contributed by atoms with van der Waals surface area (Å²) in [6.45, 7) is 4.11. The summed E-state index contributed by atoms with van der Waals surface area (Å²) < 4.78 is 0. The zero-order chi connectivity index (χ0) is 13.0. The maximum absolute atomic E-state index is 11.6. The molecule has 1 aromatic carbocycles. The molecule has 0 spiro atoms. The van der Waals surface area contributed by atoms with Crippen LogP contribution in [0, 0.1) is 13.8 Å². The molecule has 0 bridgehead atoms. The van der Waals surface area contributed by atoms with Crippen LogP contribution < -0.4 is 11.2 Å². The summed E-state index contributed by atoms with van der Waals surface area (Å²) in [5.41, 5.74) is 12.1. The Kier molecular flexibility index (Phi) is 4.66. The molecular formula is C13H21N3O. The first-order chi connectivity index (χ1) is 7.90. The lowest BCUT2D eigenvalue weighted by atomic mass is 9.99. The zero-order valence-corrected chi connectivity index (χ0v) is 10.9. The van der Waals surface area contributed by atoms with Gasteiger partial charge < -0.3 is 5.73 Å². The van der Waals surface area contributed by atoms with Crippen LogP contribution in [0.2, 0.25) is 0 Å². The molecule has 0 heterocycles. The summed E-state index contributed by atoms with van der Waals surface area (Å²) in [7, 11) is 3.55. The number of benzene rings is 1. The van der Waals surface area contributed by atoms with E-state index in [0.717, 1.165) is 5.56 Å². The SMILES string of the molecule is Cc1ccc(C(N)CC(=O)NN(C)C)cc1C. The number of carbonyl (C=O) groups excluding carboxylic acids is 1. The van der Waals surface area contributed by atoms with E-state index >= 15 is 0 Å². The normalized spacial score (nSPS) is 12.6. The van der Waals surface area contributed by atoms with Crippen molar-refractivity contribution >= 4 is 5.91 Å². The molecule has 94 valence electrons. The molecule has 0 aliphatic heterocycles. The Labute approximate surface area is 103 Å². The van der Waals surface area contributed by atoms with Crippen LogP contribution in [0.3, 0.4) is 0 Å². The number of aryl methyl sites for hydroxylation is 2. The lowest BCUT2D eigenvalue weighted by Gasteiger charge is -2.16. The standard InChI is InChI=1S/C13H21N3O/c1-9-5-6-11(7-10(9)2)12(14)8-13(17)15-16(3)4/h5-7,12H,8,14H2,1-4H3,(H,15,17). The first-order valence-corrected chi connectivity index (χ1v) is 5.69. The molecule has 0 aliphatic rings. The Morgan fingerprint density at radius 3 is 2.53 bits per heavy atom. The van der Waals surface area contributed by atoms with Crippen molar-refractivity contribution < 1.29 is 4.79 Å². The molecule has 0 radical (unpaired) electrons. The highest BCUT2D eigenvalue weighted by atomic mass is 16.2. The van der Waals surface area contributed by atoms with Gasteiger partial charge in [-0.3, -0.25) is 10.2 Å². The summed E-state index contributed by atoms with van der Waals surface area (Å²) in [5, 5.41) is 1.62. The van der Waals surface area contributed by atoms with Crippen molar-refractivity contribution in [3.05, 3.63) is 34.9 Å². The molecule has 1 aromatic rings. The second-order valence-corrected chi connectivity index (χ2v) is 4.58. The number of hydrogen-bond acceptors (Lipinski definition) is 3. The topological polar surface area (TPSA) is 58.4 Å². The second kappa shape index (κ2) is 5.80. The van der Waals surface area contributed by atoms with Gasteiger partial charge >= 0.3 is 0 Å². The number of hydrogen-bond donors (Lipinski definition) is 2. The van der Waals surface area contributed by atoms with Gasteiger partial charge in [0.15, 0.2) is 0 Å². The summed E-state index contributed by atoms with van der Waals surface area (Å²) in [6.07, 6.45) is 0.292. The molecule has 0 fully saturated rings. The third kappa shape index (κ3) is 4.17. The van der Waals surface area contributed by atoms with E-state index in [2.05, 4.69) is 12.3 Å². The molecular weight excluding hydrogens is 214 g/mol. The van der Waals surface area contributed by atoms with Crippen molar-refractivity contribution in [2.75, 3.05) is 14.1 Å². The van der Waals surface area contributed by atoms with Crippen LogP contribution in [0.1, 0.15) is 29.2 Å². The van der Waals surface area contributed by atoms with E-state index in [1.807, 2.05) is 25.1 Å². The number of hydrazine groups is 1. The maximum Gasteiger partial charge on any atom is 0.236 e. The summed E-state index contributed by atoms with van der Waals surface area (Å²) >= 11 is 0. The van der Waals surface area contributed by atoms with Gasteiger partial charge in [-0.05, 0) is 30.5 Å². The Morgan fingerprint density at radius 2 is 2.00 bits per heavy atom. The molecule has 3 N–H and O–H groups in total. The van der Waals surface area contributed by atoms with Crippen molar-refractivity contribution in [2.24, 2.45) is 5.73 Å². The summed E-state index contributed by atoms with van der Waals surface area (Å²) in [4.78, 5) is 11.6. The van der Waals surface area contributed by atoms with Gasteiger partial charge in [-0.1, -0.05) is 18.2 Å². The molecule has 4 heteroatoms. The van der Waals surface area contributed by atoms with Gasteiger partial charge in [0.05, 0.1) is 0 Å². The molecule has 0 saturated heterocycles. The first-order valence-electron chi connectivity index (χ1n) is 5.69. The number of rotatable bonds is 4. The molecule has 1 amide bonds. The zero-order valence-electron chi connectivity index (χ0n) is 10.9. The highest BCUT2D eigenvalue weighted by molar-refractivity contribution is 5.76. The van der Waals surface area contributed by atoms with Gasteiger partial charge in [-0.2, -0.15) is 0 Å². The molecule has 0 aromatic heterocycles. The van der Waals surface area contributed by atoms with Crippen LogP contribution in [0.4, 0.5) is 0 Å². The molecule has 0 saturated carbocycles. The minimum Gasteiger partial charge on any atom is -0.324 e. The predicted molar refractivity (Wildman–Crippen MR) is 69.3 cm³/mol. The lowest BCUT2D eigenvalue weighted by molar-refractivity contribution is -0.125. The Hall–Kier alpha value is -1.39. The van der Waals surface area contributed by atoms with E-state index in [4.69, 9.17) is 5.73 Å². The predicted octanol–water partition coefficient (Wildman–Crippen LogP) is 1.29. The number of nitrogens with two attached hydrogens (primary N) is 1. The van der Waals surface area contributed by atoms with Crippen LogP contribution >= 0.6 is 0 Å². The Morgan fingerprint density at radius 1 is 1.35 bits per heavy atom.